The van der Waals surface area contributed by atoms with Crippen molar-refractivity contribution in [2.75, 3.05) is 61.5 Å². The largest absolute Gasteiger partial charge is 0.381 e. The third-order valence-corrected chi connectivity index (χ3v) is 13.4. The molecule has 1 saturated carbocycles. The number of halogens is 2. The number of aromatic nitrogens is 2. The minimum Gasteiger partial charge on any atom is -0.381 e. The summed E-state index contributed by atoms with van der Waals surface area (Å²) in [6.07, 6.45) is 4.12. The average Bonchev–Trinajstić information content (AvgIpc) is 3.77. The third-order valence-electron chi connectivity index (χ3n) is 13.4. The standard InChI is InChI=1S/C48H48F2N8O6/c49-32-20-28(21-33(50)24-32)17-27-1-6-40-39(22-27)44(55-54-40)53-45(60)37-5-3-35(25-41(37)51-34-9-15-64-16-10-34)57-13-11-56(12-14-57)26-29-18-31(19-29)30-2-4-36-38(23-30)48(63)58(47(36)62)42-7-8-43(59)52-46(42)61/h1-6,20-25,29,31,34,42,51H,7-19,26H2,(H,52,59,61)(H2,53,54,55,60). The van der Waals surface area contributed by atoms with E-state index in [9.17, 15) is 32.8 Å². The third kappa shape index (κ3) is 8.34. The van der Waals surface area contributed by atoms with Gasteiger partial charge in [-0.05, 0) is 122 Å². The van der Waals surface area contributed by atoms with Crippen molar-refractivity contribution in [3.05, 3.63) is 118 Å². The number of amides is 5. The zero-order valence-electron chi connectivity index (χ0n) is 35.1. The van der Waals surface area contributed by atoms with Crippen molar-refractivity contribution >= 4 is 57.6 Å². The Morgan fingerprint density at radius 1 is 0.812 bits per heavy atom. The van der Waals surface area contributed by atoms with E-state index in [1.807, 2.05) is 42.5 Å². The number of aromatic amines is 1. The van der Waals surface area contributed by atoms with Crippen molar-refractivity contribution < 1.29 is 37.5 Å². The number of imide groups is 2. The number of fused-ring (bicyclic) bond motifs is 2. The Hall–Kier alpha value is -6.52. The average molecular weight is 871 g/mol. The molecule has 4 aliphatic heterocycles. The molecule has 14 nitrogen and oxygen atoms in total. The number of hydrogen-bond acceptors (Lipinski definition) is 10. The summed E-state index contributed by atoms with van der Waals surface area (Å²) in [5, 5.41) is 17.0. The predicted molar refractivity (Wildman–Crippen MR) is 234 cm³/mol. The van der Waals surface area contributed by atoms with E-state index in [1.54, 1.807) is 6.07 Å². The number of nitrogens with one attached hydrogen (secondary N) is 4. The van der Waals surface area contributed by atoms with E-state index in [-0.39, 0.29) is 30.7 Å². The van der Waals surface area contributed by atoms with E-state index in [4.69, 9.17) is 4.74 Å². The molecule has 5 aliphatic rings. The highest BCUT2D eigenvalue weighted by molar-refractivity contribution is 6.23. The number of piperazine rings is 1. The number of anilines is 3. The second kappa shape index (κ2) is 17.2. The van der Waals surface area contributed by atoms with Crippen LogP contribution in [0.2, 0.25) is 0 Å². The number of carbonyl (C=O) groups is 5. The normalized spacial score (nSPS) is 21.8. The van der Waals surface area contributed by atoms with Gasteiger partial charge in [-0.15, -0.1) is 0 Å². The number of H-pyrrole nitrogens is 1. The molecule has 4 aromatic carbocycles. The van der Waals surface area contributed by atoms with Gasteiger partial charge in [0, 0.05) is 81.2 Å². The molecule has 5 heterocycles. The van der Waals surface area contributed by atoms with Gasteiger partial charge >= 0.3 is 0 Å². The molecule has 3 saturated heterocycles. The van der Waals surface area contributed by atoms with Gasteiger partial charge in [0.1, 0.15) is 17.7 Å². The maximum absolute atomic E-state index is 14.0. The Kier molecular flexibility index (Phi) is 11.2. The maximum Gasteiger partial charge on any atom is 0.262 e. The van der Waals surface area contributed by atoms with Crippen LogP contribution < -0.4 is 20.9 Å². The topological polar surface area (TPSA) is 169 Å². The Balaban J connectivity index is 0.765. The van der Waals surface area contributed by atoms with Gasteiger partial charge in [0.2, 0.25) is 11.8 Å². The van der Waals surface area contributed by atoms with E-state index in [0.717, 1.165) is 91.9 Å². The molecule has 64 heavy (non-hydrogen) atoms. The van der Waals surface area contributed by atoms with E-state index in [0.29, 0.717) is 64.5 Å². The lowest BCUT2D eigenvalue weighted by atomic mass is 9.71. The quantitative estimate of drug-likeness (QED) is 0.116. The zero-order chi connectivity index (χ0) is 44.1. The molecule has 10 rings (SSSR count). The van der Waals surface area contributed by atoms with Crippen LogP contribution in [0.4, 0.5) is 26.0 Å². The number of carbonyl (C=O) groups excluding carboxylic acids is 5. The Morgan fingerprint density at radius 3 is 2.34 bits per heavy atom. The smallest absolute Gasteiger partial charge is 0.262 e. The van der Waals surface area contributed by atoms with Crippen LogP contribution in [0.1, 0.15) is 92.2 Å². The van der Waals surface area contributed by atoms with Gasteiger partial charge in [0.25, 0.3) is 17.7 Å². The van der Waals surface area contributed by atoms with Crippen molar-refractivity contribution in [1.82, 2.24) is 25.3 Å². The molecule has 1 atom stereocenters. The van der Waals surface area contributed by atoms with E-state index >= 15 is 0 Å². The minimum absolute atomic E-state index is 0.0838. The van der Waals surface area contributed by atoms with Gasteiger partial charge in [-0.3, -0.25) is 44.2 Å². The minimum atomic E-state index is -0.980. The highest BCUT2D eigenvalue weighted by Crippen LogP contribution is 2.43. The fraction of sp³-hybridized carbons (Fsp3) is 0.375. The molecule has 1 aromatic heterocycles. The molecular weight excluding hydrogens is 823 g/mol. The Bertz CT molecular complexity index is 2670. The van der Waals surface area contributed by atoms with Gasteiger partial charge < -0.3 is 20.3 Å². The van der Waals surface area contributed by atoms with E-state index in [2.05, 4.69) is 42.0 Å². The second-order valence-electron chi connectivity index (χ2n) is 17.7. The molecule has 5 amide bonds. The van der Waals surface area contributed by atoms with Gasteiger partial charge in [0.05, 0.1) is 22.2 Å². The molecule has 0 spiro atoms. The molecule has 330 valence electrons. The lowest BCUT2D eigenvalue weighted by Crippen LogP contribution is -2.54. The van der Waals surface area contributed by atoms with E-state index in [1.165, 1.54) is 12.1 Å². The summed E-state index contributed by atoms with van der Waals surface area (Å²) in [5.74, 6) is -2.41. The van der Waals surface area contributed by atoms with Gasteiger partial charge in [-0.1, -0.05) is 12.1 Å². The zero-order valence-corrected chi connectivity index (χ0v) is 35.1. The summed E-state index contributed by atoms with van der Waals surface area (Å²) in [5.41, 5.74) is 5.93. The fourth-order valence-electron chi connectivity index (χ4n) is 9.95. The number of benzene rings is 4. The predicted octanol–water partition coefficient (Wildman–Crippen LogP) is 5.99. The number of piperidine rings is 1. The first-order chi connectivity index (χ1) is 31.0. The Labute approximate surface area is 367 Å². The van der Waals surface area contributed by atoms with Gasteiger partial charge in [-0.2, -0.15) is 5.10 Å². The molecule has 5 aromatic rings. The summed E-state index contributed by atoms with van der Waals surface area (Å²) in [6.45, 7) is 5.69. The van der Waals surface area contributed by atoms with Crippen LogP contribution in [0, 0.1) is 17.6 Å². The molecule has 4 N–H and O–H groups in total. The van der Waals surface area contributed by atoms with Crippen LogP contribution in [0.5, 0.6) is 0 Å². The van der Waals surface area contributed by atoms with Crippen molar-refractivity contribution in [1.29, 1.82) is 0 Å². The first kappa shape index (κ1) is 41.5. The second-order valence-corrected chi connectivity index (χ2v) is 17.7. The first-order valence-corrected chi connectivity index (χ1v) is 22.1. The fourth-order valence-corrected chi connectivity index (χ4v) is 9.95. The van der Waals surface area contributed by atoms with E-state index < -0.39 is 41.3 Å². The SMILES string of the molecule is O=C1CCC(N2C(=O)c3ccc(C4CC(CN5CCN(c6ccc(C(=O)Nc7n[nH]c8ccc(Cc9cc(F)cc(F)c9)cc78)c(NC7CCOCC7)c6)CC5)C4)cc3C2=O)C(=O)N1. The summed E-state index contributed by atoms with van der Waals surface area (Å²) in [7, 11) is 0. The molecule has 0 bridgehead atoms. The van der Waals surface area contributed by atoms with Crippen LogP contribution in [0.15, 0.2) is 72.8 Å². The first-order valence-electron chi connectivity index (χ1n) is 22.1. The molecule has 0 radical (unpaired) electrons. The summed E-state index contributed by atoms with van der Waals surface area (Å²) >= 11 is 0. The number of nitrogens with zero attached hydrogens (tertiary/aromatic N) is 4. The number of ether oxygens (including phenoxy) is 1. The molecule has 16 heteroatoms. The van der Waals surface area contributed by atoms with Crippen LogP contribution in [0.3, 0.4) is 0 Å². The van der Waals surface area contributed by atoms with Crippen molar-refractivity contribution in [3.8, 4) is 0 Å². The van der Waals surface area contributed by atoms with Crippen LogP contribution >= 0.6 is 0 Å². The number of rotatable bonds is 11. The summed E-state index contributed by atoms with van der Waals surface area (Å²) in [6, 6.07) is 19.6. The molecular formula is C48H48F2N8O6. The Morgan fingerprint density at radius 2 is 1.58 bits per heavy atom. The summed E-state index contributed by atoms with van der Waals surface area (Å²) in [4.78, 5) is 70.6. The van der Waals surface area contributed by atoms with Gasteiger partial charge in [0.15, 0.2) is 5.82 Å². The molecule has 4 fully saturated rings. The maximum atomic E-state index is 14.0. The monoisotopic (exact) mass is 870 g/mol. The van der Waals surface area contributed by atoms with Crippen LogP contribution in [-0.4, -0.2) is 108 Å². The highest BCUT2D eigenvalue weighted by atomic mass is 19.1. The lowest BCUT2D eigenvalue weighted by Gasteiger charge is -2.42. The van der Waals surface area contributed by atoms with Crippen molar-refractivity contribution in [3.63, 3.8) is 0 Å². The highest BCUT2D eigenvalue weighted by Gasteiger charge is 2.45. The van der Waals surface area contributed by atoms with Crippen molar-refractivity contribution in [2.45, 2.75) is 62.9 Å². The van der Waals surface area contributed by atoms with Crippen LogP contribution in [0.25, 0.3) is 10.9 Å². The molecule has 1 aliphatic carbocycles. The molecule has 1 unspecified atom stereocenters. The van der Waals surface area contributed by atoms with Gasteiger partial charge in [-0.25, -0.2) is 8.78 Å². The lowest BCUT2D eigenvalue weighted by molar-refractivity contribution is -0.136. The summed E-state index contributed by atoms with van der Waals surface area (Å²) < 4.78 is 33.4. The van der Waals surface area contributed by atoms with Crippen molar-refractivity contribution in [2.24, 2.45) is 5.92 Å². The van der Waals surface area contributed by atoms with Crippen LogP contribution in [-0.2, 0) is 20.7 Å². The number of hydrogen-bond donors (Lipinski definition) is 4.